The van der Waals surface area contributed by atoms with E-state index >= 15 is 0 Å². The zero-order chi connectivity index (χ0) is 14.1. The maximum absolute atomic E-state index is 11.6. The summed E-state index contributed by atoms with van der Waals surface area (Å²) in [5.41, 5.74) is 2.10. The number of fused-ring (bicyclic) bond motifs is 1. The molecule has 6 nitrogen and oxygen atoms in total. The molecule has 0 aliphatic carbocycles. The highest BCUT2D eigenvalue weighted by molar-refractivity contribution is 5.68. The lowest BCUT2D eigenvalue weighted by molar-refractivity contribution is 0.882. The van der Waals surface area contributed by atoms with E-state index in [1.54, 1.807) is 0 Å². The van der Waals surface area contributed by atoms with Gasteiger partial charge >= 0.3 is 5.69 Å². The third-order valence-electron chi connectivity index (χ3n) is 3.33. The van der Waals surface area contributed by atoms with Crippen molar-refractivity contribution in [1.29, 1.82) is 0 Å². The summed E-state index contributed by atoms with van der Waals surface area (Å²) in [5, 5.41) is 0. The average molecular weight is 270 g/mol. The van der Waals surface area contributed by atoms with Crippen LogP contribution in [0.15, 0.2) is 33.9 Å². The highest BCUT2D eigenvalue weighted by atomic mass is 16.2. The smallest absolute Gasteiger partial charge is 0.327 e. The van der Waals surface area contributed by atoms with Crippen LogP contribution < -0.4 is 11.2 Å². The Morgan fingerprint density at radius 2 is 1.85 bits per heavy atom. The van der Waals surface area contributed by atoms with E-state index < -0.39 is 11.2 Å². The van der Waals surface area contributed by atoms with Gasteiger partial charge in [-0.05, 0) is 24.5 Å². The lowest BCUT2D eigenvalue weighted by atomic mass is 10.0. The normalized spacial score (nSPS) is 11.1. The summed E-state index contributed by atoms with van der Waals surface area (Å²) in [6, 6.07) is 8.15. The summed E-state index contributed by atoms with van der Waals surface area (Å²) >= 11 is 0. The maximum Gasteiger partial charge on any atom is 0.327 e. The molecule has 0 aliphatic heterocycles. The summed E-state index contributed by atoms with van der Waals surface area (Å²) in [5.74, 6) is 0.690. The van der Waals surface area contributed by atoms with Crippen LogP contribution in [0.25, 0.3) is 11.2 Å². The van der Waals surface area contributed by atoms with E-state index in [-0.39, 0.29) is 0 Å². The number of rotatable bonds is 3. The molecule has 3 aromatic rings. The minimum atomic E-state index is -0.542. The van der Waals surface area contributed by atoms with Gasteiger partial charge in [-0.15, -0.1) is 0 Å². The topological polar surface area (TPSA) is 94.4 Å². The quantitative estimate of drug-likeness (QED) is 0.663. The van der Waals surface area contributed by atoms with Crippen LogP contribution in [0.4, 0.5) is 0 Å². The number of imidazole rings is 1. The highest BCUT2D eigenvalue weighted by Crippen LogP contribution is 2.11. The van der Waals surface area contributed by atoms with Crippen LogP contribution in [0.1, 0.15) is 17.0 Å². The standard InChI is InChI=1S/C14H14N4O2/c1-8-4-2-3-5-9(8)6-7-10-15-11-12(16-10)17-14(20)18-13(11)19/h2-5H,6-7H2,1H3,(H3,15,16,17,18,19,20). The Morgan fingerprint density at radius 3 is 2.65 bits per heavy atom. The first-order valence-electron chi connectivity index (χ1n) is 6.39. The van der Waals surface area contributed by atoms with Crippen molar-refractivity contribution < 1.29 is 0 Å². The van der Waals surface area contributed by atoms with E-state index in [1.165, 1.54) is 11.1 Å². The van der Waals surface area contributed by atoms with Crippen molar-refractivity contribution >= 4 is 11.2 Å². The lowest BCUT2D eigenvalue weighted by Crippen LogP contribution is -2.21. The molecule has 0 amide bonds. The molecule has 3 N–H and O–H groups in total. The summed E-state index contributed by atoms with van der Waals surface area (Å²) < 4.78 is 0. The van der Waals surface area contributed by atoms with E-state index in [2.05, 4.69) is 39.0 Å². The molecule has 20 heavy (non-hydrogen) atoms. The third-order valence-corrected chi connectivity index (χ3v) is 3.33. The van der Waals surface area contributed by atoms with Gasteiger partial charge in [0.25, 0.3) is 5.56 Å². The molecule has 0 radical (unpaired) electrons. The summed E-state index contributed by atoms with van der Waals surface area (Å²) in [4.78, 5) is 34.6. The van der Waals surface area contributed by atoms with Gasteiger partial charge in [0, 0.05) is 6.42 Å². The van der Waals surface area contributed by atoms with Gasteiger partial charge in [-0.1, -0.05) is 24.3 Å². The van der Waals surface area contributed by atoms with E-state index in [0.717, 1.165) is 6.42 Å². The number of hydrogen-bond donors (Lipinski definition) is 3. The second-order valence-electron chi connectivity index (χ2n) is 4.74. The van der Waals surface area contributed by atoms with Crippen molar-refractivity contribution in [3.63, 3.8) is 0 Å². The molecule has 0 saturated carbocycles. The van der Waals surface area contributed by atoms with Crippen LogP contribution in [-0.4, -0.2) is 19.9 Å². The minimum Gasteiger partial charge on any atom is -0.336 e. The first-order valence-corrected chi connectivity index (χ1v) is 6.39. The molecular formula is C14H14N4O2. The van der Waals surface area contributed by atoms with Crippen LogP contribution in [-0.2, 0) is 12.8 Å². The van der Waals surface area contributed by atoms with Gasteiger partial charge in [-0.3, -0.25) is 14.8 Å². The maximum atomic E-state index is 11.6. The average Bonchev–Trinajstić information content (AvgIpc) is 2.81. The molecule has 0 bridgehead atoms. The van der Waals surface area contributed by atoms with Crippen molar-refractivity contribution in [1.82, 2.24) is 19.9 Å². The fourth-order valence-electron chi connectivity index (χ4n) is 2.24. The molecule has 0 saturated heterocycles. The molecule has 102 valence electrons. The lowest BCUT2D eigenvalue weighted by Gasteiger charge is -2.03. The van der Waals surface area contributed by atoms with Gasteiger partial charge in [0.2, 0.25) is 0 Å². The Kier molecular flexibility index (Phi) is 2.98. The zero-order valence-corrected chi connectivity index (χ0v) is 11.0. The predicted octanol–water partition coefficient (Wildman–Crippen LogP) is 1.03. The van der Waals surface area contributed by atoms with Crippen molar-refractivity contribution in [2.24, 2.45) is 0 Å². The van der Waals surface area contributed by atoms with E-state index in [1.807, 2.05) is 12.1 Å². The van der Waals surface area contributed by atoms with E-state index in [4.69, 9.17) is 0 Å². The Labute approximate surface area is 113 Å². The number of aryl methyl sites for hydroxylation is 3. The molecule has 1 aromatic carbocycles. The minimum absolute atomic E-state index is 0.304. The fraction of sp³-hybridized carbons (Fsp3) is 0.214. The van der Waals surface area contributed by atoms with Crippen LogP contribution in [0.2, 0.25) is 0 Å². The monoisotopic (exact) mass is 270 g/mol. The van der Waals surface area contributed by atoms with Gasteiger partial charge in [0.05, 0.1) is 0 Å². The van der Waals surface area contributed by atoms with E-state index in [9.17, 15) is 9.59 Å². The Hall–Kier alpha value is -2.63. The first-order chi connectivity index (χ1) is 9.63. The molecule has 2 heterocycles. The molecular weight excluding hydrogens is 256 g/mol. The zero-order valence-electron chi connectivity index (χ0n) is 11.0. The molecule has 0 spiro atoms. The fourth-order valence-corrected chi connectivity index (χ4v) is 2.24. The van der Waals surface area contributed by atoms with Gasteiger partial charge < -0.3 is 4.98 Å². The van der Waals surface area contributed by atoms with Crippen molar-refractivity contribution in [2.75, 3.05) is 0 Å². The van der Waals surface area contributed by atoms with Gasteiger partial charge in [0.1, 0.15) is 11.3 Å². The summed E-state index contributed by atoms with van der Waals surface area (Å²) in [6.45, 7) is 2.07. The number of hydrogen-bond acceptors (Lipinski definition) is 3. The molecule has 6 heteroatoms. The summed E-state index contributed by atoms with van der Waals surface area (Å²) in [6.07, 6.45) is 1.51. The second kappa shape index (κ2) is 4.80. The molecule has 0 unspecified atom stereocenters. The summed E-state index contributed by atoms with van der Waals surface area (Å²) in [7, 11) is 0. The predicted molar refractivity (Wildman–Crippen MR) is 75.9 cm³/mol. The Bertz CT molecular complexity index is 873. The number of benzene rings is 1. The Balaban J connectivity index is 1.89. The van der Waals surface area contributed by atoms with Crippen LogP contribution >= 0.6 is 0 Å². The number of H-pyrrole nitrogens is 3. The van der Waals surface area contributed by atoms with Gasteiger partial charge in [-0.2, -0.15) is 0 Å². The number of nitrogens with one attached hydrogen (secondary N) is 3. The Morgan fingerprint density at radius 1 is 1.05 bits per heavy atom. The van der Waals surface area contributed by atoms with Gasteiger partial charge in [-0.25, -0.2) is 9.78 Å². The molecule has 2 aromatic heterocycles. The number of aromatic amines is 3. The van der Waals surface area contributed by atoms with Crippen LogP contribution in [0.3, 0.4) is 0 Å². The van der Waals surface area contributed by atoms with Crippen LogP contribution in [0.5, 0.6) is 0 Å². The first kappa shape index (κ1) is 12.4. The molecule has 0 atom stereocenters. The molecule has 3 rings (SSSR count). The van der Waals surface area contributed by atoms with Crippen molar-refractivity contribution in [3.05, 3.63) is 62.1 Å². The highest BCUT2D eigenvalue weighted by Gasteiger charge is 2.08. The van der Waals surface area contributed by atoms with Crippen LogP contribution in [0, 0.1) is 6.92 Å². The SMILES string of the molecule is Cc1ccccc1CCc1nc2[nH]c(=O)[nH]c(=O)c2[nH]1. The number of aromatic nitrogens is 4. The van der Waals surface area contributed by atoms with Crippen molar-refractivity contribution in [3.8, 4) is 0 Å². The molecule has 0 fully saturated rings. The van der Waals surface area contributed by atoms with E-state index in [0.29, 0.717) is 23.4 Å². The molecule has 0 aliphatic rings. The van der Waals surface area contributed by atoms with Crippen molar-refractivity contribution in [2.45, 2.75) is 19.8 Å². The van der Waals surface area contributed by atoms with Gasteiger partial charge in [0.15, 0.2) is 5.65 Å². The largest absolute Gasteiger partial charge is 0.336 e. The third kappa shape index (κ3) is 2.27. The number of nitrogens with zero attached hydrogens (tertiary/aromatic N) is 1. The second-order valence-corrected chi connectivity index (χ2v) is 4.74.